The Kier molecular flexibility index (Phi) is 2.18. The van der Waals surface area contributed by atoms with Crippen LogP contribution in [0.5, 0.6) is 0 Å². The van der Waals surface area contributed by atoms with Gasteiger partial charge in [-0.05, 0) is 41.6 Å². The quantitative estimate of drug-likeness (QED) is 0.678. The van der Waals surface area contributed by atoms with E-state index < -0.39 is 0 Å². The number of thiophene rings is 1. The van der Waals surface area contributed by atoms with E-state index in [0.717, 1.165) is 40.6 Å². The third-order valence-electron chi connectivity index (χ3n) is 3.34. The van der Waals surface area contributed by atoms with Gasteiger partial charge in [0.15, 0.2) is 0 Å². The summed E-state index contributed by atoms with van der Waals surface area (Å²) in [7, 11) is 0. The van der Waals surface area contributed by atoms with E-state index in [-0.39, 0.29) is 11.6 Å². The molecule has 1 aliphatic heterocycles. The summed E-state index contributed by atoms with van der Waals surface area (Å²) in [6, 6.07) is 0. The maximum Gasteiger partial charge on any atom is 0.349 e. The van der Waals surface area contributed by atoms with Crippen LogP contribution in [0.2, 0.25) is 0 Å². The van der Waals surface area contributed by atoms with E-state index in [1.807, 2.05) is 5.38 Å². The van der Waals surface area contributed by atoms with Crippen LogP contribution < -0.4 is 0 Å². The number of hydrogen-bond acceptors (Lipinski definition) is 3. The molecule has 1 aromatic heterocycles. The molecule has 2 heterocycles. The van der Waals surface area contributed by atoms with Gasteiger partial charge in [-0.2, -0.15) is 0 Å². The van der Waals surface area contributed by atoms with Crippen LogP contribution in [-0.2, 0) is 10.3 Å². The third kappa shape index (κ3) is 1.31. The molecule has 0 bridgehead atoms. The highest BCUT2D eigenvalue weighted by Gasteiger charge is 2.48. The fourth-order valence-electron chi connectivity index (χ4n) is 2.66. The van der Waals surface area contributed by atoms with E-state index in [1.165, 1.54) is 17.8 Å². The van der Waals surface area contributed by atoms with Crippen molar-refractivity contribution in [1.29, 1.82) is 0 Å². The van der Waals surface area contributed by atoms with E-state index in [4.69, 9.17) is 4.74 Å². The van der Waals surface area contributed by atoms with Crippen LogP contribution in [0.3, 0.4) is 0 Å². The van der Waals surface area contributed by atoms with Crippen LogP contribution in [0.25, 0.3) is 0 Å². The molecule has 15 heavy (non-hydrogen) atoms. The van der Waals surface area contributed by atoms with Gasteiger partial charge in [0.1, 0.15) is 10.5 Å². The van der Waals surface area contributed by atoms with Gasteiger partial charge in [0.05, 0.1) is 0 Å². The van der Waals surface area contributed by atoms with E-state index >= 15 is 0 Å². The largest absolute Gasteiger partial charge is 0.450 e. The molecule has 0 radical (unpaired) electrons. The number of halogens is 1. The lowest BCUT2D eigenvalue weighted by atomic mass is 9.81. The molecule has 1 aliphatic carbocycles. The summed E-state index contributed by atoms with van der Waals surface area (Å²) in [4.78, 5) is 12.5. The number of carbonyl (C=O) groups is 1. The summed E-state index contributed by atoms with van der Waals surface area (Å²) >= 11 is 5.03. The predicted octanol–water partition coefficient (Wildman–Crippen LogP) is 3.84. The van der Waals surface area contributed by atoms with Gasteiger partial charge in [0, 0.05) is 15.4 Å². The zero-order chi connectivity index (χ0) is 10.5. The molecule has 4 heteroatoms. The highest BCUT2D eigenvalue weighted by Crippen LogP contribution is 2.51. The van der Waals surface area contributed by atoms with Crippen LogP contribution >= 0.6 is 27.3 Å². The molecule has 0 N–H and O–H groups in total. The standard InChI is InChI=1S/C11H11BrO2S/c12-7-6-15-9-8(7)11(14-10(9)13)4-2-1-3-5-11/h6H,1-5H2. The van der Waals surface area contributed by atoms with Gasteiger partial charge >= 0.3 is 5.97 Å². The Bertz CT molecular complexity index is 418. The van der Waals surface area contributed by atoms with Gasteiger partial charge in [-0.25, -0.2) is 4.79 Å². The Morgan fingerprint density at radius 2 is 2.07 bits per heavy atom. The number of fused-ring (bicyclic) bond motifs is 2. The number of hydrogen-bond donors (Lipinski definition) is 0. The predicted molar refractivity (Wildman–Crippen MR) is 62.2 cm³/mol. The topological polar surface area (TPSA) is 26.3 Å². The molecule has 0 saturated heterocycles. The van der Waals surface area contributed by atoms with Crippen molar-refractivity contribution in [2.24, 2.45) is 0 Å². The van der Waals surface area contributed by atoms with Gasteiger partial charge in [0.25, 0.3) is 0 Å². The Labute approximate surface area is 101 Å². The van der Waals surface area contributed by atoms with Gasteiger partial charge < -0.3 is 4.74 Å². The second kappa shape index (κ2) is 3.32. The average Bonchev–Trinajstić information content (AvgIpc) is 2.72. The van der Waals surface area contributed by atoms with Crippen molar-refractivity contribution in [1.82, 2.24) is 0 Å². The van der Waals surface area contributed by atoms with E-state index in [0.29, 0.717) is 0 Å². The SMILES string of the molecule is O=C1OC2(CCCCC2)c2c(Br)csc21. The number of carbonyl (C=O) groups excluding carboxylic acids is 1. The molecule has 0 aromatic carbocycles. The minimum absolute atomic E-state index is 0.123. The number of rotatable bonds is 0. The maximum atomic E-state index is 11.7. The van der Waals surface area contributed by atoms with E-state index in [9.17, 15) is 4.79 Å². The second-order valence-corrected chi connectivity index (χ2v) is 5.97. The van der Waals surface area contributed by atoms with Crippen molar-refractivity contribution in [3.05, 3.63) is 20.3 Å². The van der Waals surface area contributed by atoms with Crippen LogP contribution in [0, 0.1) is 0 Å². The summed E-state index contributed by atoms with van der Waals surface area (Å²) in [5.74, 6) is -0.123. The van der Waals surface area contributed by atoms with Crippen LogP contribution in [0.1, 0.15) is 47.3 Å². The number of ether oxygens (including phenoxy) is 1. The molecule has 0 amide bonds. The van der Waals surface area contributed by atoms with E-state index in [1.54, 1.807) is 0 Å². The summed E-state index contributed by atoms with van der Waals surface area (Å²) < 4.78 is 6.67. The molecule has 0 atom stereocenters. The third-order valence-corrected chi connectivity index (χ3v) is 5.22. The Balaban J connectivity index is 2.12. The molecular weight excluding hydrogens is 276 g/mol. The fraction of sp³-hybridized carbons (Fsp3) is 0.545. The summed E-state index contributed by atoms with van der Waals surface area (Å²) in [5, 5.41) is 2.00. The van der Waals surface area contributed by atoms with Crippen molar-refractivity contribution < 1.29 is 9.53 Å². The molecule has 2 aliphatic rings. The lowest BCUT2D eigenvalue weighted by Crippen LogP contribution is -2.29. The molecule has 1 fully saturated rings. The first kappa shape index (κ1) is 9.85. The molecule has 1 aromatic rings. The first-order chi connectivity index (χ1) is 7.23. The van der Waals surface area contributed by atoms with Gasteiger partial charge in [-0.1, -0.05) is 6.42 Å². The normalized spacial score (nSPS) is 22.9. The number of esters is 1. The molecular formula is C11H11BrO2S. The fourth-order valence-corrected chi connectivity index (χ4v) is 4.52. The van der Waals surface area contributed by atoms with Crippen molar-refractivity contribution in [3.8, 4) is 0 Å². The van der Waals surface area contributed by atoms with Gasteiger partial charge in [-0.3, -0.25) is 0 Å². The highest BCUT2D eigenvalue weighted by atomic mass is 79.9. The summed E-state index contributed by atoms with van der Waals surface area (Å²) in [5.41, 5.74) is 0.834. The Morgan fingerprint density at radius 1 is 1.33 bits per heavy atom. The molecule has 3 rings (SSSR count). The Hall–Kier alpha value is -0.350. The molecule has 80 valence electrons. The molecule has 0 unspecified atom stereocenters. The molecule has 2 nitrogen and oxygen atoms in total. The minimum Gasteiger partial charge on any atom is -0.450 e. The van der Waals surface area contributed by atoms with Crippen molar-refractivity contribution in [3.63, 3.8) is 0 Å². The summed E-state index contributed by atoms with van der Waals surface area (Å²) in [6.07, 6.45) is 5.56. The smallest absolute Gasteiger partial charge is 0.349 e. The lowest BCUT2D eigenvalue weighted by molar-refractivity contribution is -0.0283. The highest BCUT2D eigenvalue weighted by molar-refractivity contribution is 9.10. The van der Waals surface area contributed by atoms with Crippen molar-refractivity contribution >= 4 is 33.2 Å². The average molecular weight is 287 g/mol. The maximum absolute atomic E-state index is 11.7. The lowest BCUT2D eigenvalue weighted by Gasteiger charge is -2.32. The zero-order valence-corrected chi connectivity index (χ0v) is 10.6. The minimum atomic E-state index is -0.288. The van der Waals surface area contributed by atoms with Crippen molar-refractivity contribution in [2.75, 3.05) is 0 Å². The van der Waals surface area contributed by atoms with Crippen LogP contribution in [0.15, 0.2) is 9.85 Å². The van der Waals surface area contributed by atoms with Crippen molar-refractivity contribution in [2.45, 2.75) is 37.7 Å². The zero-order valence-electron chi connectivity index (χ0n) is 8.22. The summed E-state index contributed by atoms with van der Waals surface area (Å²) in [6.45, 7) is 0. The Morgan fingerprint density at radius 3 is 2.80 bits per heavy atom. The first-order valence-corrected chi connectivity index (χ1v) is 6.91. The monoisotopic (exact) mass is 286 g/mol. The van der Waals surface area contributed by atoms with Crippen LogP contribution in [0.4, 0.5) is 0 Å². The molecule has 1 saturated carbocycles. The van der Waals surface area contributed by atoms with Gasteiger partial charge in [0.2, 0.25) is 0 Å². The van der Waals surface area contributed by atoms with Crippen LogP contribution in [-0.4, -0.2) is 5.97 Å². The van der Waals surface area contributed by atoms with E-state index in [2.05, 4.69) is 15.9 Å². The first-order valence-electron chi connectivity index (χ1n) is 5.24. The van der Waals surface area contributed by atoms with Gasteiger partial charge in [-0.15, -0.1) is 11.3 Å². The second-order valence-electron chi connectivity index (χ2n) is 4.23. The molecule has 1 spiro atoms.